The van der Waals surface area contributed by atoms with Gasteiger partial charge in [0.1, 0.15) is 5.54 Å². The lowest BCUT2D eigenvalue weighted by Crippen LogP contribution is -2.57. The molecule has 182 valence electrons. The number of aromatic nitrogens is 1. The molecular formula is C25H26N4O6. The average molecular weight is 479 g/mol. The van der Waals surface area contributed by atoms with Crippen molar-refractivity contribution in [1.29, 1.82) is 0 Å². The number of pyridine rings is 1. The van der Waals surface area contributed by atoms with Crippen molar-refractivity contribution in [2.24, 2.45) is 17.8 Å². The third-order valence-corrected chi connectivity index (χ3v) is 7.68. The molecule has 2 amide bonds. The number of nitrogens with zero attached hydrogens (tertiary/aromatic N) is 3. The summed E-state index contributed by atoms with van der Waals surface area (Å²) < 4.78 is 0. The molecule has 2 aromatic rings. The molecular weight excluding hydrogens is 452 g/mol. The van der Waals surface area contributed by atoms with Crippen molar-refractivity contribution < 1.29 is 24.4 Å². The van der Waals surface area contributed by atoms with Crippen LogP contribution < -0.4 is 10.2 Å². The number of carboxylic acid groups (broad SMARTS) is 1. The third kappa shape index (κ3) is 3.78. The lowest BCUT2D eigenvalue weighted by molar-refractivity contribution is -0.384. The van der Waals surface area contributed by atoms with Crippen molar-refractivity contribution in [2.75, 3.05) is 4.90 Å². The Balaban J connectivity index is 1.61. The molecule has 1 saturated carbocycles. The SMILES string of the molecule is O=C1C2C(c3ccccn3)NC(CC3CCCCC3)(C(=O)O)C2C(=O)N1c1cccc([N+](=O)[O-])c1. The molecule has 3 aliphatic rings. The number of carboxylic acids is 1. The molecule has 1 aliphatic carbocycles. The van der Waals surface area contributed by atoms with Crippen molar-refractivity contribution in [1.82, 2.24) is 10.3 Å². The number of nitrogens with one attached hydrogen (secondary N) is 1. The van der Waals surface area contributed by atoms with E-state index < -0.39 is 46.1 Å². The minimum Gasteiger partial charge on any atom is -0.480 e. The molecule has 1 aromatic carbocycles. The number of benzene rings is 1. The van der Waals surface area contributed by atoms with Gasteiger partial charge >= 0.3 is 5.97 Å². The van der Waals surface area contributed by atoms with Gasteiger partial charge < -0.3 is 5.11 Å². The molecule has 35 heavy (non-hydrogen) atoms. The summed E-state index contributed by atoms with van der Waals surface area (Å²) in [5, 5.41) is 25.0. The molecule has 0 radical (unpaired) electrons. The van der Waals surface area contributed by atoms with E-state index in [0.29, 0.717) is 5.69 Å². The van der Waals surface area contributed by atoms with Gasteiger partial charge in [-0.3, -0.25) is 34.8 Å². The maximum absolute atomic E-state index is 13.8. The van der Waals surface area contributed by atoms with E-state index in [0.717, 1.165) is 37.0 Å². The summed E-state index contributed by atoms with van der Waals surface area (Å²) in [5.41, 5.74) is -1.35. The maximum Gasteiger partial charge on any atom is 0.324 e. The number of nitro benzene ring substituents is 1. The summed E-state index contributed by atoms with van der Waals surface area (Å²) in [6, 6.07) is 9.71. The average Bonchev–Trinajstić information content (AvgIpc) is 3.34. The van der Waals surface area contributed by atoms with Crippen LogP contribution in [0.2, 0.25) is 0 Å². The third-order valence-electron chi connectivity index (χ3n) is 7.68. The van der Waals surface area contributed by atoms with E-state index in [2.05, 4.69) is 10.3 Å². The molecule has 2 aliphatic heterocycles. The first-order valence-corrected chi connectivity index (χ1v) is 11.9. The zero-order chi connectivity index (χ0) is 24.7. The van der Waals surface area contributed by atoms with Gasteiger partial charge in [-0.2, -0.15) is 0 Å². The summed E-state index contributed by atoms with van der Waals surface area (Å²) in [6.07, 6.45) is 6.65. The Morgan fingerprint density at radius 3 is 2.57 bits per heavy atom. The molecule has 2 N–H and O–H groups in total. The number of hydrogen-bond acceptors (Lipinski definition) is 7. The highest BCUT2D eigenvalue weighted by atomic mass is 16.6. The second-order valence-electron chi connectivity index (χ2n) is 9.65. The molecule has 1 aromatic heterocycles. The fraction of sp³-hybridized carbons (Fsp3) is 0.440. The lowest BCUT2D eigenvalue weighted by atomic mass is 9.72. The van der Waals surface area contributed by atoms with Gasteiger partial charge in [0.05, 0.1) is 34.2 Å². The van der Waals surface area contributed by atoms with Crippen LogP contribution in [0.15, 0.2) is 48.7 Å². The molecule has 10 nitrogen and oxygen atoms in total. The van der Waals surface area contributed by atoms with Gasteiger partial charge in [-0.05, 0) is 30.5 Å². The topological polar surface area (TPSA) is 143 Å². The molecule has 3 fully saturated rings. The molecule has 3 heterocycles. The number of hydrogen-bond donors (Lipinski definition) is 2. The van der Waals surface area contributed by atoms with E-state index in [1.54, 1.807) is 24.4 Å². The van der Waals surface area contributed by atoms with Crippen LogP contribution in [0.4, 0.5) is 11.4 Å². The zero-order valence-electron chi connectivity index (χ0n) is 19.0. The second kappa shape index (κ2) is 8.84. The predicted molar refractivity (Wildman–Crippen MR) is 124 cm³/mol. The summed E-state index contributed by atoms with van der Waals surface area (Å²) in [7, 11) is 0. The Kier molecular flexibility index (Phi) is 5.84. The van der Waals surface area contributed by atoms with Crippen LogP contribution in [0.25, 0.3) is 0 Å². The Hall–Kier alpha value is -3.66. The van der Waals surface area contributed by atoms with Crippen LogP contribution >= 0.6 is 0 Å². The summed E-state index contributed by atoms with van der Waals surface area (Å²) in [5.74, 6) is -4.42. The van der Waals surface area contributed by atoms with E-state index in [9.17, 15) is 29.6 Å². The summed E-state index contributed by atoms with van der Waals surface area (Å²) in [6.45, 7) is 0. The molecule has 0 bridgehead atoms. The van der Waals surface area contributed by atoms with Crippen LogP contribution in [0.5, 0.6) is 0 Å². The van der Waals surface area contributed by atoms with E-state index in [4.69, 9.17) is 0 Å². The van der Waals surface area contributed by atoms with Gasteiger partial charge in [0.25, 0.3) is 5.69 Å². The van der Waals surface area contributed by atoms with E-state index in [1.807, 2.05) is 0 Å². The summed E-state index contributed by atoms with van der Waals surface area (Å²) in [4.78, 5) is 56.5. The van der Waals surface area contributed by atoms with E-state index >= 15 is 0 Å². The standard InChI is InChI=1S/C25H26N4O6/c30-22-19-20(23(31)28(22)16-9-6-10-17(13-16)29(34)35)25(24(32)33,14-15-7-2-1-3-8-15)27-21(19)18-11-4-5-12-26-18/h4-6,9-13,15,19-21,27H,1-3,7-8,14H2,(H,32,33). The lowest BCUT2D eigenvalue weighted by Gasteiger charge is -2.35. The fourth-order valence-corrected chi connectivity index (χ4v) is 6.13. The number of fused-ring (bicyclic) bond motifs is 1. The van der Waals surface area contributed by atoms with Crippen LogP contribution in [0.1, 0.15) is 50.3 Å². The van der Waals surface area contributed by atoms with Crippen molar-refractivity contribution in [3.63, 3.8) is 0 Å². The van der Waals surface area contributed by atoms with E-state index in [1.165, 1.54) is 24.3 Å². The molecule has 4 unspecified atom stereocenters. The highest BCUT2D eigenvalue weighted by molar-refractivity contribution is 6.24. The summed E-state index contributed by atoms with van der Waals surface area (Å²) >= 11 is 0. The predicted octanol–water partition coefficient (Wildman–Crippen LogP) is 3.23. The highest BCUT2D eigenvalue weighted by Crippen LogP contribution is 2.52. The van der Waals surface area contributed by atoms with Crippen molar-refractivity contribution >= 4 is 29.2 Å². The number of amides is 2. The van der Waals surface area contributed by atoms with Gasteiger partial charge in [0.15, 0.2) is 0 Å². The number of non-ortho nitro benzene ring substituents is 1. The van der Waals surface area contributed by atoms with Gasteiger partial charge in [0, 0.05) is 18.3 Å². The Labute approximate surface area is 201 Å². The molecule has 2 saturated heterocycles. The number of rotatable bonds is 6. The number of nitro groups is 1. The number of imide groups is 1. The first-order valence-electron chi connectivity index (χ1n) is 11.9. The highest BCUT2D eigenvalue weighted by Gasteiger charge is 2.69. The fourth-order valence-electron chi connectivity index (χ4n) is 6.13. The van der Waals surface area contributed by atoms with Gasteiger partial charge in [-0.15, -0.1) is 0 Å². The quantitative estimate of drug-likeness (QED) is 0.366. The van der Waals surface area contributed by atoms with Gasteiger partial charge in [-0.25, -0.2) is 4.90 Å². The largest absolute Gasteiger partial charge is 0.480 e. The Morgan fingerprint density at radius 2 is 1.91 bits per heavy atom. The van der Waals surface area contributed by atoms with Crippen LogP contribution in [-0.4, -0.2) is 38.3 Å². The number of carbonyl (C=O) groups is 3. The van der Waals surface area contributed by atoms with Gasteiger partial charge in [-0.1, -0.05) is 44.2 Å². The van der Waals surface area contributed by atoms with Crippen molar-refractivity contribution in [3.05, 3.63) is 64.5 Å². The minimum atomic E-state index is -1.64. The van der Waals surface area contributed by atoms with E-state index in [-0.39, 0.29) is 23.7 Å². The number of carbonyl (C=O) groups excluding carboxylic acids is 2. The maximum atomic E-state index is 13.8. The zero-order valence-corrected chi connectivity index (χ0v) is 19.0. The number of aliphatic carboxylic acids is 1. The van der Waals surface area contributed by atoms with Crippen LogP contribution in [0.3, 0.4) is 0 Å². The Bertz CT molecular complexity index is 1180. The van der Waals surface area contributed by atoms with Gasteiger partial charge in [0.2, 0.25) is 11.8 Å². The molecule has 0 spiro atoms. The normalized spacial score (nSPS) is 28.8. The Morgan fingerprint density at radius 1 is 1.14 bits per heavy atom. The van der Waals surface area contributed by atoms with Crippen molar-refractivity contribution in [3.8, 4) is 0 Å². The first kappa shape index (κ1) is 23.1. The molecule has 4 atom stereocenters. The minimum absolute atomic E-state index is 0.0697. The smallest absolute Gasteiger partial charge is 0.324 e. The monoisotopic (exact) mass is 478 g/mol. The molecule has 5 rings (SSSR count). The first-order chi connectivity index (χ1) is 16.8. The van der Waals surface area contributed by atoms with Crippen molar-refractivity contribution in [2.45, 2.75) is 50.1 Å². The van der Waals surface area contributed by atoms with Crippen LogP contribution in [-0.2, 0) is 14.4 Å². The number of anilines is 1. The molecule has 10 heteroatoms. The van der Waals surface area contributed by atoms with Crippen LogP contribution in [0, 0.1) is 27.9 Å². The second-order valence-corrected chi connectivity index (χ2v) is 9.65.